The Morgan fingerprint density at radius 2 is 2.21 bits per heavy atom. The summed E-state index contributed by atoms with van der Waals surface area (Å²) in [7, 11) is -1.17. The van der Waals surface area contributed by atoms with Crippen LogP contribution in [0.2, 0.25) is 5.82 Å². The van der Waals surface area contributed by atoms with Gasteiger partial charge in [-0.15, -0.1) is 10.2 Å². The molecule has 11 nitrogen and oxygen atoms in total. The predicted octanol–water partition coefficient (Wildman–Crippen LogP) is -0.863. The lowest BCUT2D eigenvalue weighted by atomic mass is 9.64. The molecule has 0 bridgehead atoms. The van der Waals surface area contributed by atoms with Crippen molar-refractivity contribution in [1.82, 2.24) is 20.2 Å². The number of guanidine groups is 1. The first kappa shape index (κ1) is 20.5. The molecule has 0 aliphatic carbocycles. The van der Waals surface area contributed by atoms with Crippen LogP contribution < -0.4 is 16.1 Å². The van der Waals surface area contributed by atoms with Gasteiger partial charge in [0.25, 0.3) is 0 Å². The van der Waals surface area contributed by atoms with Crippen LogP contribution in [0.4, 0.5) is 0 Å². The third-order valence-corrected chi connectivity index (χ3v) is 4.53. The Morgan fingerprint density at radius 1 is 1.41 bits per heavy atom. The molecule has 152 valence electrons. The number of tetrazole rings is 1. The molecule has 0 amide bonds. The number of hydrogen-bond donors (Lipinski definition) is 3. The molecule has 2 aromatic rings. The van der Waals surface area contributed by atoms with Gasteiger partial charge in [-0.3, -0.25) is 14.6 Å². The van der Waals surface area contributed by atoms with E-state index >= 15 is 0 Å². The first-order valence-electron chi connectivity index (χ1n) is 9.14. The SMILES string of the molecule is CC(=O)c1cccc2c1OB(O)[C@@H](CC(=O)Cc1nnn(CCN=C(N)N)n1)C2. The monoisotopic (exact) mass is 399 g/mol. The van der Waals surface area contributed by atoms with Crippen molar-refractivity contribution in [3.05, 3.63) is 35.2 Å². The number of para-hydroxylation sites is 1. The normalized spacial score (nSPS) is 15.4. The molecule has 2 heterocycles. The van der Waals surface area contributed by atoms with Crippen LogP contribution in [-0.2, 0) is 24.2 Å². The van der Waals surface area contributed by atoms with Gasteiger partial charge in [-0.05, 0) is 30.2 Å². The third kappa shape index (κ3) is 5.16. The number of aliphatic imine (C=N–C) groups is 1. The van der Waals surface area contributed by atoms with Crippen LogP contribution in [-0.4, -0.2) is 56.4 Å². The number of carbonyl (C=O) groups is 2. The molecule has 1 aromatic heterocycles. The molecule has 1 atom stereocenters. The van der Waals surface area contributed by atoms with Crippen molar-refractivity contribution < 1.29 is 19.3 Å². The van der Waals surface area contributed by atoms with Crippen molar-refractivity contribution in [3.63, 3.8) is 0 Å². The summed E-state index contributed by atoms with van der Waals surface area (Å²) in [5, 5.41) is 22.1. The van der Waals surface area contributed by atoms with Crippen molar-refractivity contribution in [1.29, 1.82) is 0 Å². The van der Waals surface area contributed by atoms with E-state index in [0.717, 1.165) is 5.56 Å². The number of carbonyl (C=O) groups excluding carboxylic acids is 2. The maximum absolute atomic E-state index is 12.4. The molecule has 0 radical (unpaired) electrons. The quantitative estimate of drug-likeness (QED) is 0.221. The summed E-state index contributed by atoms with van der Waals surface area (Å²) in [5.41, 5.74) is 11.7. The minimum Gasteiger partial charge on any atom is -0.535 e. The molecule has 1 aromatic carbocycles. The predicted molar refractivity (Wildman–Crippen MR) is 104 cm³/mol. The van der Waals surface area contributed by atoms with Crippen molar-refractivity contribution in [2.45, 2.75) is 38.5 Å². The Labute approximate surface area is 167 Å². The molecule has 0 unspecified atom stereocenters. The van der Waals surface area contributed by atoms with Crippen LogP contribution >= 0.6 is 0 Å². The van der Waals surface area contributed by atoms with Crippen LogP contribution in [0, 0.1) is 0 Å². The number of benzene rings is 1. The molecular formula is C17H22BN7O4. The minimum absolute atomic E-state index is 0.00808. The maximum Gasteiger partial charge on any atom is 0.526 e. The van der Waals surface area contributed by atoms with E-state index in [2.05, 4.69) is 20.4 Å². The second kappa shape index (κ2) is 8.82. The average molecular weight is 399 g/mol. The maximum atomic E-state index is 12.4. The largest absolute Gasteiger partial charge is 0.535 e. The molecule has 29 heavy (non-hydrogen) atoms. The number of aromatic nitrogens is 4. The van der Waals surface area contributed by atoms with Gasteiger partial charge in [-0.2, -0.15) is 4.80 Å². The average Bonchev–Trinajstić information content (AvgIpc) is 3.08. The van der Waals surface area contributed by atoms with Crippen LogP contribution in [0.1, 0.15) is 35.1 Å². The van der Waals surface area contributed by atoms with E-state index in [9.17, 15) is 14.6 Å². The fourth-order valence-corrected chi connectivity index (χ4v) is 3.19. The molecule has 12 heteroatoms. The van der Waals surface area contributed by atoms with Crippen molar-refractivity contribution in [3.8, 4) is 5.75 Å². The highest BCUT2D eigenvalue weighted by molar-refractivity contribution is 6.47. The summed E-state index contributed by atoms with van der Waals surface area (Å²) in [6, 6.07) is 5.25. The number of nitrogens with zero attached hydrogens (tertiary/aromatic N) is 5. The highest BCUT2D eigenvalue weighted by Gasteiger charge is 2.37. The standard InChI is InChI=1S/C17H22BN7O4/c1-10(26)14-4-2-3-11-7-12(18(28)29-16(11)14)8-13(27)9-15-22-24-25(23-15)6-5-21-17(19)20/h2-4,12,28H,5-9H2,1H3,(H4,19,20,21)/t12-/m1/s1. The van der Waals surface area contributed by atoms with Crippen molar-refractivity contribution in [2.24, 2.45) is 16.5 Å². The number of ketones is 2. The summed E-state index contributed by atoms with van der Waals surface area (Å²) < 4.78 is 5.56. The van der Waals surface area contributed by atoms with Gasteiger partial charge >= 0.3 is 7.12 Å². The van der Waals surface area contributed by atoms with E-state index in [1.807, 2.05) is 6.07 Å². The zero-order valence-corrected chi connectivity index (χ0v) is 16.0. The number of rotatable bonds is 8. The first-order valence-corrected chi connectivity index (χ1v) is 9.14. The van der Waals surface area contributed by atoms with Crippen LogP contribution in [0.15, 0.2) is 23.2 Å². The van der Waals surface area contributed by atoms with E-state index in [1.54, 1.807) is 12.1 Å². The van der Waals surface area contributed by atoms with Gasteiger partial charge in [0.05, 0.1) is 25.1 Å². The highest BCUT2D eigenvalue weighted by atomic mass is 16.5. The van der Waals surface area contributed by atoms with Gasteiger partial charge in [0.15, 0.2) is 17.6 Å². The van der Waals surface area contributed by atoms with E-state index in [-0.39, 0.29) is 36.2 Å². The molecule has 3 rings (SSSR count). The summed E-state index contributed by atoms with van der Waals surface area (Å²) >= 11 is 0. The topological polar surface area (TPSA) is 172 Å². The van der Waals surface area contributed by atoms with Gasteiger partial charge in [-0.1, -0.05) is 12.1 Å². The fourth-order valence-electron chi connectivity index (χ4n) is 3.19. The molecule has 1 aliphatic heterocycles. The molecule has 1 aliphatic rings. The number of nitrogens with two attached hydrogens (primary N) is 2. The van der Waals surface area contributed by atoms with Gasteiger partial charge in [0, 0.05) is 12.2 Å². The Kier molecular flexibility index (Phi) is 6.22. The Morgan fingerprint density at radius 3 is 2.93 bits per heavy atom. The Balaban J connectivity index is 1.59. The van der Waals surface area contributed by atoms with Crippen molar-refractivity contribution >= 4 is 24.6 Å². The van der Waals surface area contributed by atoms with Crippen molar-refractivity contribution in [2.75, 3.05) is 6.54 Å². The minimum atomic E-state index is -1.17. The Bertz CT molecular complexity index is 942. The second-order valence-electron chi connectivity index (χ2n) is 6.85. The lowest BCUT2D eigenvalue weighted by Crippen LogP contribution is -2.36. The number of hydrogen-bond acceptors (Lipinski definition) is 8. The summed E-state index contributed by atoms with van der Waals surface area (Å²) in [6.45, 7) is 2.08. The molecule has 0 saturated carbocycles. The van der Waals surface area contributed by atoms with Crippen LogP contribution in [0.3, 0.4) is 0 Å². The highest BCUT2D eigenvalue weighted by Crippen LogP contribution is 2.36. The molecule has 5 N–H and O–H groups in total. The van der Waals surface area contributed by atoms with E-state index in [1.165, 1.54) is 11.7 Å². The molecular weight excluding hydrogens is 377 g/mol. The van der Waals surface area contributed by atoms with E-state index < -0.39 is 12.9 Å². The van der Waals surface area contributed by atoms with Crippen LogP contribution in [0.5, 0.6) is 5.75 Å². The molecule has 0 saturated heterocycles. The van der Waals surface area contributed by atoms with Gasteiger partial charge in [0.2, 0.25) is 0 Å². The zero-order valence-electron chi connectivity index (χ0n) is 16.0. The van der Waals surface area contributed by atoms with Gasteiger partial charge < -0.3 is 21.1 Å². The first-order chi connectivity index (χ1) is 13.8. The third-order valence-electron chi connectivity index (χ3n) is 4.53. The Hall–Kier alpha value is -3.28. The lowest BCUT2D eigenvalue weighted by Gasteiger charge is -2.28. The second-order valence-corrected chi connectivity index (χ2v) is 6.85. The number of Topliss-reactive ketones (excluding diaryl/α,β-unsaturated/α-hetero) is 2. The molecule has 0 spiro atoms. The number of fused-ring (bicyclic) bond motifs is 1. The van der Waals surface area contributed by atoms with Gasteiger partial charge in [-0.25, -0.2) is 0 Å². The lowest BCUT2D eigenvalue weighted by molar-refractivity contribution is -0.118. The smallest absolute Gasteiger partial charge is 0.526 e. The fraction of sp³-hybridized carbons (Fsp3) is 0.412. The summed E-state index contributed by atoms with van der Waals surface area (Å²) in [6.07, 6.45) is 0.515. The zero-order chi connectivity index (χ0) is 21.0. The summed E-state index contributed by atoms with van der Waals surface area (Å²) in [4.78, 5) is 29.3. The van der Waals surface area contributed by atoms with E-state index in [4.69, 9.17) is 16.1 Å². The van der Waals surface area contributed by atoms with E-state index in [0.29, 0.717) is 30.8 Å². The van der Waals surface area contributed by atoms with Crippen LogP contribution in [0.25, 0.3) is 0 Å². The molecule has 0 fully saturated rings. The van der Waals surface area contributed by atoms with Gasteiger partial charge in [0.1, 0.15) is 11.5 Å². The summed E-state index contributed by atoms with van der Waals surface area (Å²) in [5.74, 6) is -0.0585.